The molecule has 6 unspecified atom stereocenters. The molecule has 1 heterocycles. The Morgan fingerprint density at radius 3 is 1.89 bits per heavy atom. The predicted octanol–water partition coefficient (Wildman–Crippen LogP) is -2.36. The second kappa shape index (κ2) is 22.4. The molecule has 20 nitrogen and oxygen atoms in total. The molecular formula is C35H52N8O12. The highest BCUT2D eigenvalue weighted by Gasteiger charge is 2.35. The van der Waals surface area contributed by atoms with E-state index in [4.69, 9.17) is 11.5 Å². The van der Waals surface area contributed by atoms with Crippen LogP contribution in [0, 0.1) is 5.92 Å². The minimum absolute atomic E-state index is 0.0141. The molecule has 0 aromatic heterocycles. The summed E-state index contributed by atoms with van der Waals surface area (Å²) in [6.07, 6.45) is -0.869. The number of carbonyl (C=O) groups is 9. The van der Waals surface area contributed by atoms with E-state index in [-0.39, 0.29) is 56.2 Å². The third-order valence-corrected chi connectivity index (χ3v) is 8.54. The van der Waals surface area contributed by atoms with E-state index in [1.54, 1.807) is 13.8 Å². The van der Waals surface area contributed by atoms with Gasteiger partial charge in [0.1, 0.15) is 42.0 Å². The van der Waals surface area contributed by atoms with Crippen LogP contribution in [0.4, 0.5) is 0 Å². The largest absolute Gasteiger partial charge is 0.508 e. The Morgan fingerprint density at radius 1 is 0.782 bits per heavy atom. The highest BCUT2D eigenvalue weighted by Crippen LogP contribution is 2.14. The number of primary amides is 1. The number of unbranched alkanes of at least 4 members (excludes halogenated alkanes) is 1. The van der Waals surface area contributed by atoms with E-state index in [0.717, 1.165) is 0 Å². The average molecular weight is 777 g/mol. The van der Waals surface area contributed by atoms with Crippen LogP contribution in [0.3, 0.4) is 0 Å². The zero-order valence-electron chi connectivity index (χ0n) is 30.8. The first-order valence-electron chi connectivity index (χ1n) is 17.9. The number of amides is 7. The van der Waals surface area contributed by atoms with Gasteiger partial charge >= 0.3 is 11.9 Å². The van der Waals surface area contributed by atoms with Gasteiger partial charge in [0, 0.05) is 19.3 Å². The normalized spacial score (nSPS) is 16.4. The summed E-state index contributed by atoms with van der Waals surface area (Å²) in [5, 5.41) is 43.4. The van der Waals surface area contributed by atoms with Crippen molar-refractivity contribution in [1.82, 2.24) is 31.9 Å². The van der Waals surface area contributed by atoms with Crippen LogP contribution in [0.1, 0.15) is 77.2 Å². The molecule has 7 amide bonds. The summed E-state index contributed by atoms with van der Waals surface area (Å²) in [5.41, 5.74) is 11.2. The van der Waals surface area contributed by atoms with Crippen LogP contribution in [-0.4, -0.2) is 111 Å². The molecule has 0 bridgehead atoms. The first kappa shape index (κ1) is 45.4. The molecule has 13 N–H and O–H groups in total. The lowest BCUT2D eigenvalue weighted by atomic mass is 10.00. The summed E-state index contributed by atoms with van der Waals surface area (Å²) in [4.78, 5) is 114. The fourth-order valence-corrected chi connectivity index (χ4v) is 5.65. The fraction of sp³-hybridized carbons (Fsp3) is 0.571. The van der Waals surface area contributed by atoms with Gasteiger partial charge in [-0.1, -0.05) is 26.0 Å². The Balaban J connectivity index is 2.37. The number of benzene rings is 1. The van der Waals surface area contributed by atoms with Crippen LogP contribution in [-0.2, 0) is 49.6 Å². The minimum Gasteiger partial charge on any atom is -0.508 e. The summed E-state index contributed by atoms with van der Waals surface area (Å²) < 4.78 is 0. The van der Waals surface area contributed by atoms with Crippen molar-refractivity contribution < 1.29 is 58.5 Å². The van der Waals surface area contributed by atoms with E-state index in [9.17, 15) is 58.5 Å². The SMILES string of the molecule is CC(C)CC(NC(=O)C1CCC(=O)N1)C(=O)NC(Cc1ccc(O)cc1)C(=O)NC(CCC(=O)O)C(=O)NC(CC(N)=O)C(=O)NC(CCCCN)C(=O)O. The van der Waals surface area contributed by atoms with Crippen molar-refractivity contribution in [2.24, 2.45) is 17.4 Å². The molecule has 0 radical (unpaired) electrons. The Kier molecular flexibility index (Phi) is 18.5. The Labute approximate surface area is 317 Å². The van der Waals surface area contributed by atoms with E-state index in [1.807, 2.05) is 0 Å². The van der Waals surface area contributed by atoms with Crippen LogP contribution in [0.15, 0.2) is 24.3 Å². The van der Waals surface area contributed by atoms with E-state index in [2.05, 4.69) is 31.9 Å². The molecule has 0 spiro atoms. The molecule has 0 saturated carbocycles. The standard InChI is InChI=1S/C35H52N8O12/c1-18(2)15-24(41-30(49)21-10-12-28(46)38-21)32(51)42-25(16-19-6-8-20(44)9-7-19)33(52)39-22(11-13-29(47)48)31(50)43-26(17-27(37)45)34(53)40-23(35(54)55)5-3-4-14-36/h6-9,18,21-26,44H,3-5,10-17,36H2,1-2H3,(H2,37,45)(H,38,46)(H,39,52)(H,40,53)(H,41,49)(H,42,51)(H,43,50)(H,47,48)(H,54,55). The molecule has 1 aliphatic rings. The number of nitrogens with one attached hydrogen (secondary N) is 6. The van der Waals surface area contributed by atoms with Crippen molar-refractivity contribution >= 4 is 53.3 Å². The van der Waals surface area contributed by atoms with Gasteiger partial charge in [0.25, 0.3) is 0 Å². The quantitative estimate of drug-likeness (QED) is 0.0490. The van der Waals surface area contributed by atoms with E-state index in [0.29, 0.717) is 18.4 Å². The van der Waals surface area contributed by atoms with Gasteiger partial charge in [0.2, 0.25) is 41.4 Å². The second-order valence-corrected chi connectivity index (χ2v) is 13.7. The maximum Gasteiger partial charge on any atom is 0.326 e. The van der Waals surface area contributed by atoms with Crippen molar-refractivity contribution in [2.75, 3.05) is 6.54 Å². The topological polar surface area (TPSA) is 339 Å². The lowest BCUT2D eigenvalue weighted by Gasteiger charge is -2.27. The van der Waals surface area contributed by atoms with E-state index < -0.39 is 103 Å². The lowest BCUT2D eigenvalue weighted by Crippen LogP contribution is -2.60. The number of nitrogens with two attached hydrogens (primary N) is 2. The van der Waals surface area contributed by atoms with Gasteiger partial charge in [-0.15, -0.1) is 0 Å². The van der Waals surface area contributed by atoms with Crippen LogP contribution >= 0.6 is 0 Å². The summed E-state index contributed by atoms with van der Waals surface area (Å²) in [5.74, 6) is -8.87. The number of hydrogen-bond acceptors (Lipinski definition) is 11. The van der Waals surface area contributed by atoms with Crippen molar-refractivity contribution in [3.8, 4) is 5.75 Å². The number of phenolic OH excluding ortho intramolecular Hbond substituents is 1. The molecule has 1 aliphatic heterocycles. The third kappa shape index (κ3) is 16.4. The number of rotatable bonds is 24. The Hall–Kier alpha value is -5.79. The smallest absolute Gasteiger partial charge is 0.326 e. The number of carboxylic acid groups (broad SMARTS) is 2. The van der Waals surface area contributed by atoms with Crippen LogP contribution < -0.4 is 43.4 Å². The van der Waals surface area contributed by atoms with Gasteiger partial charge in [0.05, 0.1) is 6.42 Å². The number of aromatic hydroxyl groups is 1. The van der Waals surface area contributed by atoms with E-state index >= 15 is 0 Å². The maximum atomic E-state index is 13.9. The first-order chi connectivity index (χ1) is 25.9. The van der Waals surface area contributed by atoms with Gasteiger partial charge in [-0.05, 0) is 68.7 Å². The predicted molar refractivity (Wildman–Crippen MR) is 193 cm³/mol. The molecule has 55 heavy (non-hydrogen) atoms. The van der Waals surface area contributed by atoms with Gasteiger partial charge in [-0.3, -0.25) is 38.4 Å². The summed E-state index contributed by atoms with van der Waals surface area (Å²) in [6, 6.07) is -2.64. The molecule has 1 aromatic carbocycles. The van der Waals surface area contributed by atoms with Crippen molar-refractivity contribution in [1.29, 1.82) is 0 Å². The number of carbonyl (C=O) groups excluding carboxylic acids is 7. The van der Waals surface area contributed by atoms with Crippen molar-refractivity contribution in [2.45, 2.75) is 114 Å². The monoisotopic (exact) mass is 776 g/mol. The van der Waals surface area contributed by atoms with Crippen molar-refractivity contribution in [3.63, 3.8) is 0 Å². The van der Waals surface area contributed by atoms with Crippen LogP contribution in [0.2, 0.25) is 0 Å². The Morgan fingerprint density at radius 2 is 1.35 bits per heavy atom. The van der Waals surface area contributed by atoms with Crippen LogP contribution in [0.25, 0.3) is 0 Å². The molecule has 304 valence electrons. The average Bonchev–Trinajstić information content (AvgIpc) is 3.55. The highest BCUT2D eigenvalue weighted by atomic mass is 16.4. The Bertz CT molecular complexity index is 1550. The number of aliphatic carboxylic acids is 2. The van der Waals surface area contributed by atoms with Crippen LogP contribution in [0.5, 0.6) is 5.75 Å². The number of hydrogen-bond donors (Lipinski definition) is 11. The molecule has 1 aromatic rings. The van der Waals surface area contributed by atoms with Gasteiger partial charge in [-0.25, -0.2) is 4.79 Å². The molecular weight excluding hydrogens is 724 g/mol. The molecule has 20 heteroatoms. The molecule has 0 aliphatic carbocycles. The summed E-state index contributed by atoms with van der Waals surface area (Å²) in [7, 11) is 0. The minimum atomic E-state index is -1.72. The fourth-order valence-electron chi connectivity index (χ4n) is 5.65. The second-order valence-electron chi connectivity index (χ2n) is 13.7. The molecule has 1 saturated heterocycles. The summed E-state index contributed by atoms with van der Waals surface area (Å²) >= 11 is 0. The molecule has 6 atom stereocenters. The molecule has 1 fully saturated rings. The third-order valence-electron chi connectivity index (χ3n) is 8.54. The molecule has 2 rings (SSSR count). The van der Waals surface area contributed by atoms with E-state index in [1.165, 1.54) is 24.3 Å². The maximum absolute atomic E-state index is 13.9. The van der Waals surface area contributed by atoms with Crippen molar-refractivity contribution in [3.05, 3.63) is 29.8 Å². The van der Waals surface area contributed by atoms with Gasteiger partial charge in [0.15, 0.2) is 0 Å². The zero-order valence-corrected chi connectivity index (χ0v) is 30.8. The van der Waals surface area contributed by atoms with Gasteiger partial charge in [-0.2, -0.15) is 0 Å². The number of phenols is 1. The highest BCUT2D eigenvalue weighted by molar-refractivity contribution is 5.98. The first-order valence-corrected chi connectivity index (χ1v) is 17.9. The summed E-state index contributed by atoms with van der Waals surface area (Å²) in [6.45, 7) is 3.87. The zero-order chi connectivity index (χ0) is 41.2. The number of carboxylic acids is 2. The van der Waals surface area contributed by atoms with Gasteiger partial charge < -0.3 is 58.7 Å². The lowest BCUT2D eigenvalue weighted by molar-refractivity contribution is -0.142.